The molecule has 1 aromatic carbocycles. The average molecular weight is 294 g/mol. The fraction of sp³-hybridized carbons (Fsp3) is 0.647. The number of ether oxygens (including phenoxy) is 1. The Morgan fingerprint density at radius 1 is 1.19 bits per heavy atom. The lowest BCUT2D eigenvalue weighted by Crippen LogP contribution is -2.40. The summed E-state index contributed by atoms with van der Waals surface area (Å²) in [4.78, 5) is 0. The van der Waals surface area contributed by atoms with Gasteiger partial charge in [-0.1, -0.05) is 27.7 Å². The summed E-state index contributed by atoms with van der Waals surface area (Å²) in [5, 5.41) is 3.35. The number of anilines is 2. The van der Waals surface area contributed by atoms with E-state index in [4.69, 9.17) is 10.5 Å². The van der Waals surface area contributed by atoms with Gasteiger partial charge >= 0.3 is 0 Å². The topological polar surface area (TPSA) is 47.3 Å². The van der Waals surface area contributed by atoms with Gasteiger partial charge in [0.1, 0.15) is 11.6 Å². The van der Waals surface area contributed by atoms with Crippen molar-refractivity contribution in [2.24, 2.45) is 10.8 Å². The number of hydrogen-bond acceptors (Lipinski definition) is 3. The van der Waals surface area contributed by atoms with Crippen LogP contribution in [0.5, 0.6) is 5.75 Å². The van der Waals surface area contributed by atoms with Crippen LogP contribution >= 0.6 is 0 Å². The normalized spacial score (nSPS) is 21.0. The molecule has 0 spiro atoms. The predicted molar refractivity (Wildman–Crippen MR) is 86.2 cm³/mol. The van der Waals surface area contributed by atoms with E-state index in [9.17, 15) is 4.39 Å². The van der Waals surface area contributed by atoms with Crippen LogP contribution in [0, 0.1) is 16.6 Å². The van der Waals surface area contributed by atoms with E-state index in [2.05, 4.69) is 33.0 Å². The third kappa shape index (κ3) is 3.80. The van der Waals surface area contributed by atoms with Gasteiger partial charge in [0.15, 0.2) is 0 Å². The number of nitrogens with two attached hydrogens (primary N) is 1. The molecule has 0 heterocycles. The van der Waals surface area contributed by atoms with E-state index in [0.717, 1.165) is 12.8 Å². The van der Waals surface area contributed by atoms with E-state index >= 15 is 0 Å². The largest absolute Gasteiger partial charge is 0.495 e. The maximum absolute atomic E-state index is 14.1. The molecule has 0 saturated heterocycles. The van der Waals surface area contributed by atoms with E-state index in [1.807, 2.05) is 0 Å². The van der Waals surface area contributed by atoms with Crippen molar-refractivity contribution in [3.05, 3.63) is 17.9 Å². The summed E-state index contributed by atoms with van der Waals surface area (Å²) in [6.07, 6.45) is 3.25. The maximum atomic E-state index is 14.1. The molecule has 1 fully saturated rings. The van der Waals surface area contributed by atoms with Gasteiger partial charge in [-0.05, 0) is 30.1 Å². The Hall–Kier alpha value is -1.45. The first-order valence-corrected chi connectivity index (χ1v) is 7.51. The molecule has 0 aromatic heterocycles. The first kappa shape index (κ1) is 15.9. The number of methoxy groups -OCH3 is 1. The van der Waals surface area contributed by atoms with Crippen LogP contribution in [-0.2, 0) is 0 Å². The molecular formula is C17H27FN2O. The zero-order chi connectivity index (χ0) is 15.8. The summed E-state index contributed by atoms with van der Waals surface area (Å²) in [6.45, 7) is 9.12. The Kier molecular flexibility index (Phi) is 4.09. The zero-order valence-corrected chi connectivity index (χ0v) is 13.7. The molecule has 3 N–H and O–H groups in total. The molecule has 0 atom stereocenters. The van der Waals surface area contributed by atoms with Crippen molar-refractivity contribution >= 4 is 11.4 Å². The van der Waals surface area contributed by atoms with Crippen molar-refractivity contribution in [3.8, 4) is 5.75 Å². The second kappa shape index (κ2) is 5.39. The fourth-order valence-electron chi connectivity index (χ4n) is 4.02. The molecule has 1 aromatic rings. The first-order valence-electron chi connectivity index (χ1n) is 7.51. The molecule has 0 aliphatic heterocycles. The monoisotopic (exact) mass is 294 g/mol. The van der Waals surface area contributed by atoms with Crippen LogP contribution in [0.4, 0.5) is 15.8 Å². The van der Waals surface area contributed by atoms with Gasteiger partial charge in [0.05, 0.1) is 18.5 Å². The SMILES string of the molecule is COc1cc(NC2CC(C)(C)CC(C)(C)C2)c(F)cc1N. The van der Waals surface area contributed by atoms with Crippen LogP contribution in [0.1, 0.15) is 47.0 Å². The standard InChI is InChI=1S/C17H27FN2O/c1-16(2)8-11(9-17(3,4)10-16)20-14-7-15(21-5)13(19)6-12(14)18/h6-7,11,20H,8-10,19H2,1-5H3. The van der Waals surface area contributed by atoms with E-state index < -0.39 is 0 Å². The fourth-order valence-corrected chi connectivity index (χ4v) is 4.02. The minimum atomic E-state index is -0.325. The quantitative estimate of drug-likeness (QED) is 0.811. The predicted octanol–water partition coefficient (Wildman–Crippen LogP) is 4.43. The van der Waals surface area contributed by atoms with Crippen LogP contribution in [0.15, 0.2) is 12.1 Å². The molecule has 2 rings (SSSR count). The van der Waals surface area contributed by atoms with Gasteiger partial charge < -0.3 is 15.8 Å². The highest BCUT2D eigenvalue weighted by Crippen LogP contribution is 2.46. The zero-order valence-electron chi connectivity index (χ0n) is 13.7. The second-order valence-electron chi connectivity index (χ2n) is 7.83. The third-order valence-corrected chi connectivity index (χ3v) is 4.23. The molecule has 0 radical (unpaired) electrons. The number of halogens is 1. The molecular weight excluding hydrogens is 267 g/mol. The Morgan fingerprint density at radius 2 is 1.76 bits per heavy atom. The van der Waals surface area contributed by atoms with Crippen LogP contribution < -0.4 is 15.8 Å². The molecule has 1 saturated carbocycles. The highest BCUT2D eigenvalue weighted by molar-refractivity contribution is 5.62. The number of nitrogen functional groups attached to an aromatic ring is 1. The van der Waals surface area contributed by atoms with Crippen LogP contribution in [-0.4, -0.2) is 13.2 Å². The lowest BCUT2D eigenvalue weighted by molar-refractivity contribution is 0.105. The Morgan fingerprint density at radius 3 is 2.29 bits per heavy atom. The van der Waals surface area contributed by atoms with Gasteiger partial charge in [-0.15, -0.1) is 0 Å². The minimum Gasteiger partial charge on any atom is -0.495 e. The van der Waals surface area contributed by atoms with Gasteiger partial charge in [-0.2, -0.15) is 0 Å². The molecule has 1 aliphatic carbocycles. The number of benzene rings is 1. The Balaban J connectivity index is 2.21. The number of rotatable bonds is 3. The lowest BCUT2D eigenvalue weighted by Gasteiger charge is -2.45. The Bertz CT molecular complexity index is 510. The second-order valence-corrected chi connectivity index (χ2v) is 7.83. The number of nitrogens with one attached hydrogen (secondary N) is 1. The summed E-state index contributed by atoms with van der Waals surface area (Å²) >= 11 is 0. The van der Waals surface area contributed by atoms with Gasteiger partial charge in [0.2, 0.25) is 0 Å². The summed E-state index contributed by atoms with van der Waals surface area (Å²) in [5.41, 5.74) is 7.04. The van der Waals surface area contributed by atoms with Gasteiger partial charge in [-0.25, -0.2) is 4.39 Å². The lowest BCUT2D eigenvalue weighted by atomic mass is 9.63. The smallest absolute Gasteiger partial charge is 0.148 e. The first-order chi connectivity index (χ1) is 9.62. The van der Waals surface area contributed by atoms with E-state index in [1.165, 1.54) is 12.5 Å². The van der Waals surface area contributed by atoms with Crippen molar-refractivity contribution in [2.45, 2.75) is 53.0 Å². The number of hydrogen-bond donors (Lipinski definition) is 2. The molecule has 0 bridgehead atoms. The van der Waals surface area contributed by atoms with Crippen LogP contribution in [0.3, 0.4) is 0 Å². The van der Waals surface area contributed by atoms with Crippen LogP contribution in [0.25, 0.3) is 0 Å². The van der Waals surface area contributed by atoms with Crippen LogP contribution in [0.2, 0.25) is 0 Å². The molecule has 4 heteroatoms. The molecule has 118 valence electrons. The van der Waals surface area contributed by atoms with Crippen molar-refractivity contribution < 1.29 is 9.13 Å². The van der Waals surface area contributed by atoms with E-state index in [1.54, 1.807) is 13.2 Å². The van der Waals surface area contributed by atoms with Crippen molar-refractivity contribution in [1.82, 2.24) is 0 Å². The molecule has 21 heavy (non-hydrogen) atoms. The summed E-state index contributed by atoms with van der Waals surface area (Å²) in [5.74, 6) is 0.183. The minimum absolute atomic E-state index is 0.256. The van der Waals surface area contributed by atoms with Crippen molar-refractivity contribution in [2.75, 3.05) is 18.2 Å². The molecule has 1 aliphatic rings. The molecule has 0 amide bonds. The molecule has 3 nitrogen and oxygen atoms in total. The highest BCUT2D eigenvalue weighted by Gasteiger charge is 2.38. The van der Waals surface area contributed by atoms with E-state index in [-0.39, 0.29) is 22.7 Å². The van der Waals surface area contributed by atoms with Crippen molar-refractivity contribution in [1.29, 1.82) is 0 Å². The Labute approximate surface area is 127 Å². The summed E-state index contributed by atoms with van der Waals surface area (Å²) in [7, 11) is 1.54. The van der Waals surface area contributed by atoms with E-state index in [0.29, 0.717) is 17.1 Å². The maximum Gasteiger partial charge on any atom is 0.148 e. The van der Waals surface area contributed by atoms with Gasteiger partial charge in [0.25, 0.3) is 0 Å². The van der Waals surface area contributed by atoms with Crippen molar-refractivity contribution in [3.63, 3.8) is 0 Å². The third-order valence-electron chi connectivity index (χ3n) is 4.23. The summed E-state index contributed by atoms with van der Waals surface area (Å²) in [6, 6.07) is 3.23. The van der Waals surface area contributed by atoms with Gasteiger partial charge in [0, 0.05) is 18.2 Å². The average Bonchev–Trinajstić information content (AvgIpc) is 2.28. The summed E-state index contributed by atoms with van der Waals surface area (Å²) < 4.78 is 19.3. The highest BCUT2D eigenvalue weighted by atomic mass is 19.1. The van der Waals surface area contributed by atoms with Gasteiger partial charge in [-0.3, -0.25) is 0 Å². The molecule has 0 unspecified atom stereocenters.